The Kier molecular flexibility index (Phi) is 8.72. The molecular weight excluding hydrogens is 452 g/mol. The zero-order chi connectivity index (χ0) is 25.0. The molecule has 11 nitrogen and oxygen atoms in total. The number of aromatic hydroxyl groups is 2. The van der Waals surface area contributed by atoms with Crippen molar-refractivity contribution >= 4 is 11.8 Å². The third kappa shape index (κ3) is 5.61. The van der Waals surface area contributed by atoms with Crippen LogP contribution in [0.15, 0.2) is 6.07 Å². The van der Waals surface area contributed by atoms with Crippen molar-refractivity contribution in [3.05, 3.63) is 17.2 Å². The highest BCUT2D eigenvalue weighted by atomic mass is 16.7. The van der Waals surface area contributed by atoms with Gasteiger partial charge in [0.25, 0.3) is 0 Å². The number of cyclic esters (lactones) is 1. The first kappa shape index (κ1) is 26.2. The van der Waals surface area contributed by atoms with Crippen molar-refractivity contribution in [1.29, 1.82) is 0 Å². The monoisotopic (exact) mass is 484 g/mol. The fourth-order valence-electron chi connectivity index (χ4n) is 4.31. The summed E-state index contributed by atoms with van der Waals surface area (Å²) in [5.41, 5.74) is -0.125. The zero-order valence-corrected chi connectivity index (χ0v) is 19.2. The second kappa shape index (κ2) is 11.3. The molecule has 0 amide bonds. The number of methoxy groups -OCH3 is 1. The maximum Gasteiger partial charge on any atom is 0.310 e. The molecule has 0 bridgehead atoms. The molecule has 1 saturated heterocycles. The number of ketones is 1. The van der Waals surface area contributed by atoms with Crippen LogP contribution in [0.3, 0.4) is 0 Å². The lowest BCUT2D eigenvalue weighted by atomic mass is 9.94. The number of benzene rings is 1. The molecule has 6 atom stereocenters. The van der Waals surface area contributed by atoms with Gasteiger partial charge in [0.1, 0.15) is 24.4 Å². The van der Waals surface area contributed by atoms with Crippen molar-refractivity contribution in [2.24, 2.45) is 0 Å². The first-order valence-electron chi connectivity index (χ1n) is 11.3. The van der Waals surface area contributed by atoms with Gasteiger partial charge >= 0.3 is 5.97 Å². The van der Waals surface area contributed by atoms with Gasteiger partial charge in [0.05, 0.1) is 24.7 Å². The Labute approximate surface area is 196 Å². The fraction of sp³-hybridized carbons (Fsp3) is 0.652. The molecule has 0 radical (unpaired) electrons. The molecule has 0 spiro atoms. The highest BCUT2D eigenvalue weighted by Crippen LogP contribution is 2.43. The van der Waals surface area contributed by atoms with Gasteiger partial charge in [0, 0.05) is 13.5 Å². The van der Waals surface area contributed by atoms with Crippen molar-refractivity contribution < 1.29 is 54.1 Å². The van der Waals surface area contributed by atoms with E-state index >= 15 is 0 Å². The lowest BCUT2D eigenvalue weighted by Crippen LogP contribution is -2.60. The van der Waals surface area contributed by atoms with Gasteiger partial charge in [0.15, 0.2) is 17.3 Å². The number of phenolic OH excluding ortho intramolecular Hbond substituents is 2. The van der Waals surface area contributed by atoms with Gasteiger partial charge in [-0.3, -0.25) is 9.59 Å². The minimum Gasteiger partial charge on any atom is -0.504 e. The number of carbonyl (C=O) groups is 2. The number of rotatable bonds is 4. The topological polar surface area (TPSA) is 172 Å². The molecule has 190 valence electrons. The van der Waals surface area contributed by atoms with E-state index in [2.05, 4.69) is 0 Å². The third-order valence-electron chi connectivity index (χ3n) is 6.10. The molecule has 0 aromatic heterocycles. The summed E-state index contributed by atoms with van der Waals surface area (Å²) in [7, 11) is 1.27. The minimum absolute atomic E-state index is 0.0722. The Hall–Kier alpha value is -2.44. The molecule has 2 heterocycles. The van der Waals surface area contributed by atoms with Gasteiger partial charge in [-0.05, 0) is 37.8 Å². The van der Waals surface area contributed by atoms with Crippen LogP contribution in [-0.2, 0) is 25.4 Å². The standard InChI is InChI=1S/C23H32O11/c1-11-6-4-3-5-7-13(25)17-12(9-16(27)32-11)8-14(26)21(18(17)28)34-23-20(30)19(29)22(31-2)15(10-24)33-23/h8,11,15,19-20,22-24,26,28-30H,3-7,9-10H2,1-2H3/t11-,15+,19+,20+,22+,23-/m0/s1. The molecule has 1 fully saturated rings. The van der Waals surface area contributed by atoms with Crippen LogP contribution in [0.2, 0.25) is 0 Å². The second-order valence-corrected chi connectivity index (χ2v) is 8.63. The number of aliphatic hydroxyl groups is 3. The number of aliphatic hydroxyl groups excluding tert-OH is 3. The van der Waals surface area contributed by atoms with E-state index in [9.17, 15) is 35.1 Å². The molecular formula is C23H32O11. The molecule has 34 heavy (non-hydrogen) atoms. The summed E-state index contributed by atoms with van der Waals surface area (Å²) in [6.45, 7) is 1.21. The van der Waals surface area contributed by atoms with Crippen LogP contribution < -0.4 is 4.74 Å². The van der Waals surface area contributed by atoms with Crippen molar-refractivity contribution in [3.63, 3.8) is 0 Å². The third-order valence-corrected chi connectivity index (χ3v) is 6.10. The van der Waals surface area contributed by atoms with Gasteiger partial charge in [0.2, 0.25) is 12.0 Å². The smallest absolute Gasteiger partial charge is 0.310 e. The normalized spacial score (nSPS) is 31.1. The molecule has 1 aromatic rings. The van der Waals surface area contributed by atoms with E-state index < -0.39 is 66.3 Å². The van der Waals surface area contributed by atoms with E-state index in [1.54, 1.807) is 6.92 Å². The average Bonchev–Trinajstić information content (AvgIpc) is 2.77. The van der Waals surface area contributed by atoms with Gasteiger partial charge in [-0.1, -0.05) is 6.42 Å². The summed E-state index contributed by atoms with van der Waals surface area (Å²) in [5, 5.41) is 51.7. The fourth-order valence-corrected chi connectivity index (χ4v) is 4.31. The zero-order valence-electron chi connectivity index (χ0n) is 19.2. The molecule has 3 rings (SSSR count). The van der Waals surface area contributed by atoms with Gasteiger partial charge < -0.3 is 44.5 Å². The summed E-state index contributed by atoms with van der Waals surface area (Å²) in [6, 6.07) is 1.12. The molecule has 0 saturated carbocycles. The number of fused-ring (bicyclic) bond motifs is 1. The average molecular weight is 484 g/mol. The van der Waals surface area contributed by atoms with Gasteiger partial charge in [-0.25, -0.2) is 0 Å². The number of ether oxygens (including phenoxy) is 4. The lowest BCUT2D eigenvalue weighted by molar-refractivity contribution is -0.282. The van der Waals surface area contributed by atoms with Crippen LogP contribution in [0.4, 0.5) is 0 Å². The van der Waals surface area contributed by atoms with Crippen LogP contribution in [-0.4, -0.2) is 87.8 Å². The Bertz CT molecular complexity index is 884. The summed E-state index contributed by atoms with van der Waals surface area (Å²) < 4.78 is 21.4. The number of phenols is 2. The van der Waals surface area contributed by atoms with E-state index in [0.717, 1.165) is 18.9 Å². The molecule has 2 aliphatic rings. The van der Waals surface area contributed by atoms with Gasteiger partial charge in [-0.15, -0.1) is 0 Å². The van der Waals surface area contributed by atoms with Crippen molar-refractivity contribution in [1.82, 2.24) is 0 Å². The SMILES string of the molecule is CO[C@H]1[C@H](O)[C@@H](O)[C@H](Oc2c(O)cc3c(c2O)C(=O)CCCCC[C@H](C)OC(=O)C3)O[C@@H]1CO. The minimum atomic E-state index is -1.67. The second-order valence-electron chi connectivity index (χ2n) is 8.63. The van der Waals surface area contributed by atoms with Crippen molar-refractivity contribution in [2.75, 3.05) is 13.7 Å². The number of hydrogen-bond acceptors (Lipinski definition) is 11. The van der Waals surface area contributed by atoms with E-state index in [-0.39, 0.29) is 30.1 Å². The molecule has 11 heteroatoms. The maximum atomic E-state index is 12.9. The quantitative estimate of drug-likeness (QED) is 0.378. The van der Waals surface area contributed by atoms with E-state index in [0.29, 0.717) is 12.8 Å². The highest BCUT2D eigenvalue weighted by molar-refractivity contribution is 6.02. The molecule has 0 aliphatic carbocycles. The largest absolute Gasteiger partial charge is 0.504 e. The Balaban J connectivity index is 1.95. The van der Waals surface area contributed by atoms with Crippen LogP contribution >= 0.6 is 0 Å². The predicted octanol–water partition coefficient (Wildman–Crippen LogP) is 0.552. The predicted molar refractivity (Wildman–Crippen MR) is 116 cm³/mol. The molecule has 1 aromatic carbocycles. The Morgan fingerprint density at radius 2 is 1.85 bits per heavy atom. The van der Waals surface area contributed by atoms with Crippen molar-refractivity contribution in [3.8, 4) is 17.2 Å². The van der Waals surface area contributed by atoms with Gasteiger partial charge in [-0.2, -0.15) is 0 Å². The summed E-state index contributed by atoms with van der Waals surface area (Å²) in [6.07, 6.45) is -4.71. The van der Waals surface area contributed by atoms with Crippen LogP contribution in [0.1, 0.15) is 54.9 Å². The van der Waals surface area contributed by atoms with E-state index in [1.807, 2.05) is 0 Å². The molecule has 2 aliphatic heterocycles. The van der Waals surface area contributed by atoms with E-state index in [4.69, 9.17) is 18.9 Å². The molecule has 5 N–H and O–H groups in total. The van der Waals surface area contributed by atoms with Crippen LogP contribution in [0.25, 0.3) is 0 Å². The van der Waals surface area contributed by atoms with E-state index in [1.165, 1.54) is 7.11 Å². The van der Waals surface area contributed by atoms with Crippen LogP contribution in [0, 0.1) is 0 Å². The van der Waals surface area contributed by atoms with Crippen molar-refractivity contribution in [2.45, 2.75) is 82.3 Å². The number of esters is 1. The lowest BCUT2D eigenvalue weighted by Gasteiger charge is -2.41. The number of Topliss-reactive ketones (excluding diaryl/α,β-unsaturated/α-hetero) is 1. The maximum absolute atomic E-state index is 12.9. The molecule has 0 unspecified atom stereocenters. The number of carbonyl (C=O) groups excluding carboxylic acids is 2. The first-order valence-corrected chi connectivity index (χ1v) is 11.3. The summed E-state index contributed by atoms with van der Waals surface area (Å²) in [5.74, 6) is -2.96. The number of hydrogen-bond donors (Lipinski definition) is 5. The highest BCUT2D eigenvalue weighted by Gasteiger charge is 2.46. The Morgan fingerprint density at radius 1 is 1.12 bits per heavy atom. The Morgan fingerprint density at radius 3 is 2.53 bits per heavy atom. The van der Waals surface area contributed by atoms with Crippen LogP contribution in [0.5, 0.6) is 17.2 Å². The summed E-state index contributed by atoms with van der Waals surface area (Å²) in [4.78, 5) is 25.3. The first-order chi connectivity index (χ1) is 16.2. The summed E-state index contributed by atoms with van der Waals surface area (Å²) >= 11 is 0.